The number of amides is 1. The topological polar surface area (TPSA) is 69.6 Å². The van der Waals surface area contributed by atoms with Crippen molar-refractivity contribution in [3.05, 3.63) is 48.6 Å². The molecule has 0 aliphatic rings. The maximum atomic E-state index is 12.4. The monoisotopic (exact) mass is 714 g/mol. The lowest BCUT2D eigenvalue weighted by atomic mass is 10.0. The van der Waals surface area contributed by atoms with Crippen molar-refractivity contribution in [3.8, 4) is 0 Å². The van der Waals surface area contributed by atoms with Gasteiger partial charge in [-0.2, -0.15) is 0 Å². The minimum Gasteiger partial charge on any atom is -0.394 e. The molecule has 4 heteroatoms. The molecular weight excluding hydrogens is 627 g/mol. The number of unbranched alkanes of at least 4 members (excludes halogenated alkanes) is 27. The molecule has 0 heterocycles. The van der Waals surface area contributed by atoms with Crippen LogP contribution < -0.4 is 5.32 Å². The van der Waals surface area contributed by atoms with Gasteiger partial charge in [-0.05, 0) is 57.8 Å². The molecule has 0 saturated heterocycles. The van der Waals surface area contributed by atoms with Crippen LogP contribution in [0.3, 0.4) is 0 Å². The van der Waals surface area contributed by atoms with Crippen molar-refractivity contribution in [2.45, 2.75) is 238 Å². The molecule has 0 fully saturated rings. The van der Waals surface area contributed by atoms with Gasteiger partial charge >= 0.3 is 0 Å². The van der Waals surface area contributed by atoms with Crippen LogP contribution in [0.5, 0.6) is 0 Å². The summed E-state index contributed by atoms with van der Waals surface area (Å²) in [4.78, 5) is 12.4. The van der Waals surface area contributed by atoms with Crippen molar-refractivity contribution in [1.82, 2.24) is 5.32 Å². The van der Waals surface area contributed by atoms with Crippen LogP contribution in [0.25, 0.3) is 0 Å². The number of aliphatic hydroxyl groups is 2. The third-order valence-electron chi connectivity index (χ3n) is 10.1. The molecule has 0 aromatic carbocycles. The Hall–Kier alpha value is -1.65. The quantitative estimate of drug-likeness (QED) is 0.0437. The highest BCUT2D eigenvalue weighted by atomic mass is 16.3. The second-order valence-corrected chi connectivity index (χ2v) is 15.1. The predicted octanol–water partition coefficient (Wildman–Crippen LogP) is 14.0. The summed E-state index contributed by atoms with van der Waals surface area (Å²) in [6.45, 7) is 4.28. The van der Waals surface area contributed by atoms with Crippen LogP contribution in [0, 0.1) is 0 Å². The SMILES string of the molecule is CCCCC/C=C\C/C=C\C/C=C\CCCCCCCCC(=O)NC(CO)C(O)/C=C/CCCCCCCCCCCCCCCCCCCC. The van der Waals surface area contributed by atoms with Crippen LogP contribution >= 0.6 is 0 Å². The number of hydrogen-bond acceptors (Lipinski definition) is 3. The largest absolute Gasteiger partial charge is 0.394 e. The van der Waals surface area contributed by atoms with Gasteiger partial charge in [0.15, 0.2) is 0 Å². The van der Waals surface area contributed by atoms with Gasteiger partial charge in [-0.3, -0.25) is 4.79 Å². The minimum atomic E-state index is -0.846. The average molecular weight is 714 g/mol. The van der Waals surface area contributed by atoms with Gasteiger partial charge in [-0.25, -0.2) is 0 Å². The molecule has 1 amide bonds. The van der Waals surface area contributed by atoms with Gasteiger partial charge in [-0.15, -0.1) is 0 Å². The van der Waals surface area contributed by atoms with E-state index in [1.165, 1.54) is 154 Å². The second kappa shape index (κ2) is 42.8. The summed E-state index contributed by atoms with van der Waals surface area (Å²) in [6, 6.07) is -0.630. The third-order valence-corrected chi connectivity index (χ3v) is 10.1. The van der Waals surface area contributed by atoms with E-state index < -0.39 is 12.1 Å². The van der Waals surface area contributed by atoms with Crippen molar-refractivity contribution >= 4 is 5.91 Å². The summed E-state index contributed by atoms with van der Waals surface area (Å²) >= 11 is 0. The number of carbonyl (C=O) groups is 1. The number of hydrogen-bond donors (Lipinski definition) is 3. The summed E-state index contributed by atoms with van der Waals surface area (Å²) in [5.41, 5.74) is 0. The molecule has 2 atom stereocenters. The standard InChI is InChI=1S/C47H87NO3/c1-3-5-7-9-11-13-15-17-19-21-23-25-26-28-30-32-34-36-38-40-42-46(50)45(44-49)48-47(51)43-41-39-37-35-33-31-29-27-24-22-20-18-16-14-12-10-8-6-4-2/h12,14,18,20,24,27,40,42,45-46,49-50H,3-11,13,15-17,19,21-23,25-26,28-39,41,43-44H2,1-2H3,(H,48,51)/b14-12-,20-18-,27-24-,42-40+. The van der Waals surface area contributed by atoms with E-state index in [4.69, 9.17) is 0 Å². The van der Waals surface area contributed by atoms with Gasteiger partial charge in [0, 0.05) is 6.42 Å². The Labute approximate surface area is 318 Å². The molecule has 0 rings (SSSR count). The molecule has 0 aromatic heterocycles. The summed E-state index contributed by atoms with van der Waals surface area (Å²) in [5.74, 6) is -0.0767. The number of rotatable bonds is 40. The molecule has 0 bridgehead atoms. The highest BCUT2D eigenvalue weighted by Crippen LogP contribution is 2.15. The minimum absolute atomic E-state index is 0.0767. The van der Waals surface area contributed by atoms with E-state index in [0.29, 0.717) is 6.42 Å². The Morgan fingerprint density at radius 3 is 1.24 bits per heavy atom. The first-order valence-corrected chi connectivity index (χ1v) is 22.4. The van der Waals surface area contributed by atoms with Crippen LogP contribution in [0.15, 0.2) is 48.6 Å². The van der Waals surface area contributed by atoms with E-state index in [-0.39, 0.29) is 12.5 Å². The van der Waals surface area contributed by atoms with Gasteiger partial charge in [-0.1, -0.05) is 210 Å². The molecule has 51 heavy (non-hydrogen) atoms. The van der Waals surface area contributed by atoms with Gasteiger partial charge in [0.25, 0.3) is 0 Å². The highest BCUT2D eigenvalue weighted by molar-refractivity contribution is 5.76. The molecule has 0 spiro atoms. The van der Waals surface area contributed by atoms with E-state index in [2.05, 4.69) is 55.6 Å². The Morgan fingerprint density at radius 1 is 0.471 bits per heavy atom. The van der Waals surface area contributed by atoms with E-state index in [9.17, 15) is 15.0 Å². The van der Waals surface area contributed by atoms with Crippen LogP contribution in [0.4, 0.5) is 0 Å². The lowest BCUT2D eigenvalue weighted by molar-refractivity contribution is -0.123. The van der Waals surface area contributed by atoms with Crippen LogP contribution in [-0.2, 0) is 4.79 Å². The number of allylic oxidation sites excluding steroid dienone is 7. The molecule has 0 saturated carbocycles. The number of nitrogens with one attached hydrogen (secondary N) is 1. The van der Waals surface area contributed by atoms with Crippen LogP contribution in [0.1, 0.15) is 226 Å². The second-order valence-electron chi connectivity index (χ2n) is 15.1. The van der Waals surface area contributed by atoms with E-state index in [1.54, 1.807) is 6.08 Å². The van der Waals surface area contributed by atoms with Crippen molar-refractivity contribution in [3.63, 3.8) is 0 Å². The fraction of sp³-hybridized carbons (Fsp3) is 0.809. The molecule has 3 N–H and O–H groups in total. The molecule has 0 aromatic rings. The van der Waals surface area contributed by atoms with Gasteiger partial charge in [0.05, 0.1) is 18.8 Å². The van der Waals surface area contributed by atoms with Crippen molar-refractivity contribution in [1.29, 1.82) is 0 Å². The summed E-state index contributed by atoms with van der Waals surface area (Å²) in [7, 11) is 0. The van der Waals surface area contributed by atoms with Gasteiger partial charge in [0.2, 0.25) is 5.91 Å². The Balaban J connectivity index is 3.60. The number of aliphatic hydroxyl groups excluding tert-OH is 2. The van der Waals surface area contributed by atoms with E-state index >= 15 is 0 Å². The zero-order chi connectivity index (χ0) is 37.1. The number of carbonyl (C=O) groups excluding carboxylic acids is 1. The Kier molecular flexibility index (Phi) is 41.4. The van der Waals surface area contributed by atoms with Crippen molar-refractivity contribution < 1.29 is 15.0 Å². The zero-order valence-corrected chi connectivity index (χ0v) is 34.1. The van der Waals surface area contributed by atoms with Crippen LogP contribution in [-0.4, -0.2) is 34.9 Å². The predicted molar refractivity (Wildman–Crippen MR) is 225 cm³/mol. The summed E-state index contributed by atoms with van der Waals surface area (Å²) in [5, 5.41) is 23.0. The third kappa shape index (κ3) is 39.4. The average Bonchev–Trinajstić information content (AvgIpc) is 3.13. The van der Waals surface area contributed by atoms with Crippen LogP contribution in [0.2, 0.25) is 0 Å². The van der Waals surface area contributed by atoms with Gasteiger partial charge < -0.3 is 15.5 Å². The van der Waals surface area contributed by atoms with E-state index in [0.717, 1.165) is 51.4 Å². The first kappa shape index (κ1) is 49.4. The Bertz CT molecular complexity index is 816. The molecular formula is C47H87NO3. The lowest BCUT2D eigenvalue weighted by Crippen LogP contribution is -2.45. The smallest absolute Gasteiger partial charge is 0.220 e. The molecule has 0 aliphatic carbocycles. The normalized spacial score (nSPS) is 13.4. The summed E-state index contributed by atoms with van der Waals surface area (Å²) in [6.07, 6.45) is 57.8. The fourth-order valence-electron chi connectivity index (χ4n) is 6.60. The van der Waals surface area contributed by atoms with Crippen molar-refractivity contribution in [2.75, 3.05) is 6.61 Å². The lowest BCUT2D eigenvalue weighted by Gasteiger charge is -2.20. The molecule has 4 nitrogen and oxygen atoms in total. The molecule has 0 radical (unpaired) electrons. The fourth-order valence-corrected chi connectivity index (χ4v) is 6.60. The maximum absolute atomic E-state index is 12.4. The Morgan fingerprint density at radius 2 is 0.804 bits per heavy atom. The summed E-state index contributed by atoms with van der Waals surface area (Å²) < 4.78 is 0. The maximum Gasteiger partial charge on any atom is 0.220 e. The van der Waals surface area contributed by atoms with Crippen molar-refractivity contribution in [2.24, 2.45) is 0 Å². The van der Waals surface area contributed by atoms with Gasteiger partial charge in [0.1, 0.15) is 0 Å². The highest BCUT2D eigenvalue weighted by Gasteiger charge is 2.17. The van der Waals surface area contributed by atoms with E-state index in [1.807, 2.05) is 6.08 Å². The molecule has 2 unspecified atom stereocenters. The first-order chi connectivity index (χ1) is 25.2. The molecule has 298 valence electrons. The molecule has 0 aliphatic heterocycles. The first-order valence-electron chi connectivity index (χ1n) is 22.4. The zero-order valence-electron chi connectivity index (χ0n) is 34.1.